The van der Waals surface area contributed by atoms with Crippen LogP contribution in [0.4, 0.5) is 0 Å². The molecule has 0 saturated carbocycles. The predicted octanol–water partition coefficient (Wildman–Crippen LogP) is 1.74. The van der Waals surface area contributed by atoms with Crippen molar-refractivity contribution in [1.82, 2.24) is 14.3 Å². The molecule has 66 valence electrons. The first kappa shape index (κ1) is 10.2. The number of rotatable bonds is 4. The highest BCUT2D eigenvalue weighted by Gasteiger charge is 2.08. The van der Waals surface area contributed by atoms with Gasteiger partial charge in [0, 0.05) is 8.88 Å². The van der Waals surface area contributed by atoms with E-state index < -0.39 is 0 Å². The van der Waals surface area contributed by atoms with Crippen LogP contribution in [0.15, 0.2) is 0 Å². The van der Waals surface area contributed by atoms with Gasteiger partial charge in [-0.2, -0.15) is 0 Å². The fourth-order valence-corrected chi connectivity index (χ4v) is 4.19. The third-order valence-corrected chi connectivity index (χ3v) is 4.39. The van der Waals surface area contributed by atoms with Crippen LogP contribution >= 0.6 is 26.6 Å². The van der Waals surface area contributed by atoms with Gasteiger partial charge in [-0.05, 0) is 6.42 Å². The molecule has 1 aliphatic rings. The molecular formula is C4H14N3OP3. The third kappa shape index (κ3) is 4.65. The second-order valence-corrected chi connectivity index (χ2v) is 6.04. The topological polar surface area (TPSA) is 36.5 Å². The zero-order valence-corrected chi connectivity index (χ0v) is 9.48. The Labute approximate surface area is 72.8 Å². The van der Waals surface area contributed by atoms with Gasteiger partial charge in [-0.25, -0.2) is 0 Å². The van der Waals surface area contributed by atoms with Crippen molar-refractivity contribution in [3.05, 3.63) is 0 Å². The van der Waals surface area contributed by atoms with Crippen molar-refractivity contribution in [3.63, 3.8) is 0 Å². The Morgan fingerprint density at radius 1 is 1.36 bits per heavy atom. The molecule has 1 heterocycles. The molecule has 2 N–H and O–H groups in total. The summed E-state index contributed by atoms with van der Waals surface area (Å²) in [4.78, 5) is 11.9. The van der Waals surface area contributed by atoms with Gasteiger partial charge in [-0.1, -0.05) is 13.3 Å². The Morgan fingerprint density at radius 3 is 2.73 bits per heavy atom. The lowest BCUT2D eigenvalue weighted by Crippen LogP contribution is -2.17. The van der Waals surface area contributed by atoms with Crippen LogP contribution in [0.5, 0.6) is 0 Å². The fourth-order valence-electron chi connectivity index (χ4n) is 0.581. The highest BCUT2D eigenvalue weighted by atomic mass is 31.2. The van der Waals surface area contributed by atoms with E-state index in [2.05, 4.69) is 16.6 Å². The van der Waals surface area contributed by atoms with Gasteiger partial charge < -0.3 is 0 Å². The number of unbranched alkanes of at least 4 members (excludes halogenated alkanes) is 1. The molecule has 0 aromatic rings. The van der Waals surface area contributed by atoms with Crippen molar-refractivity contribution in [2.75, 3.05) is 6.61 Å². The zero-order chi connectivity index (χ0) is 7.94. The molecule has 1 saturated heterocycles. The average molecular weight is 213 g/mol. The van der Waals surface area contributed by atoms with Crippen molar-refractivity contribution in [3.8, 4) is 0 Å². The first-order chi connectivity index (χ1) is 5.43. The van der Waals surface area contributed by atoms with E-state index in [1.54, 1.807) is 0 Å². The second kappa shape index (κ2) is 6.62. The molecule has 0 spiro atoms. The molecule has 7 heteroatoms. The van der Waals surface area contributed by atoms with Crippen LogP contribution in [0, 0.1) is 0 Å². The van der Waals surface area contributed by atoms with E-state index >= 15 is 0 Å². The maximum Gasteiger partial charge on any atom is 0.0693 e. The molecule has 0 aromatic heterocycles. The minimum atomic E-state index is 0.627. The van der Waals surface area contributed by atoms with E-state index in [-0.39, 0.29) is 0 Å². The predicted molar refractivity (Wildman–Crippen MR) is 53.9 cm³/mol. The lowest BCUT2D eigenvalue weighted by Gasteiger charge is -2.25. The molecule has 0 radical (unpaired) electrons. The van der Waals surface area contributed by atoms with Crippen LogP contribution in [0.3, 0.4) is 0 Å². The highest BCUT2D eigenvalue weighted by molar-refractivity contribution is 7.65. The largest absolute Gasteiger partial charge is 0.290 e. The Kier molecular flexibility index (Phi) is 6.15. The standard InChI is InChI=1S/C4H14N3OP3/c1-2-3-4-8-7-10-5-9-6-11-7/h5-6,9-11H,2-4H2,1H3. The summed E-state index contributed by atoms with van der Waals surface area (Å²) < 4.78 is 1.96. The number of hydrogen-bond acceptors (Lipinski definition) is 4. The van der Waals surface area contributed by atoms with Crippen molar-refractivity contribution in [2.24, 2.45) is 0 Å². The van der Waals surface area contributed by atoms with Crippen LogP contribution in [0.2, 0.25) is 0 Å². The quantitative estimate of drug-likeness (QED) is 0.550. The van der Waals surface area contributed by atoms with Gasteiger partial charge in [-0.15, -0.1) is 4.60 Å². The summed E-state index contributed by atoms with van der Waals surface area (Å²) in [6, 6.07) is 0. The van der Waals surface area contributed by atoms with Crippen molar-refractivity contribution in [2.45, 2.75) is 19.8 Å². The van der Waals surface area contributed by atoms with Crippen LogP contribution in [0.1, 0.15) is 19.8 Å². The van der Waals surface area contributed by atoms with Crippen LogP contribution in [-0.4, -0.2) is 11.2 Å². The first-order valence-electron chi connectivity index (χ1n) is 3.63. The Bertz CT molecular complexity index is 101. The van der Waals surface area contributed by atoms with E-state index in [4.69, 9.17) is 4.84 Å². The minimum Gasteiger partial charge on any atom is -0.290 e. The molecule has 2 atom stereocenters. The molecule has 0 amide bonds. The summed E-state index contributed by atoms with van der Waals surface area (Å²) >= 11 is 0. The minimum absolute atomic E-state index is 0.627. The molecular weight excluding hydrogens is 199 g/mol. The molecule has 1 fully saturated rings. The summed E-state index contributed by atoms with van der Waals surface area (Å²) in [5, 5.41) is 0. The van der Waals surface area contributed by atoms with E-state index in [9.17, 15) is 0 Å². The summed E-state index contributed by atoms with van der Waals surface area (Å²) in [5.41, 5.74) is 0. The zero-order valence-electron chi connectivity index (χ0n) is 6.48. The molecule has 11 heavy (non-hydrogen) atoms. The van der Waals surface area contributed by atoms with E-state index in [1.807, 2.05) is 4.60 Å². The van der Waals surface area contributed by atoms with E-state index in [1.165, 1.54) is 6.42 Å². The second-order valence-electron chi connectivity index (χ2n) is 2.08. The molecule has 1 rings (SSSR count). The van der Waals surface area contributed by atoms with Gasteiger partial charge in [-0.3, -0.25) is 14.6 Å². The van der Waals surface area contributed by atoms with Crippen LogP contribution < -0.4 is 9.72 Å². The summed E-state index contributed by atoms with van der Waals surface area (Å²) in [7, 11) is 1.95. The average Bonchev–Trinajstić information content (AvgIpc) is 2.07. The molecule has 0 aliphatic carbocycles. The summed E-state index contributed by atoms with van der Waals surface area (Å²) in [5.74, 6) is 0. The number of nitrogens with one attached hydrogen (secondary N) is 2. The number of nitrogens with zero attached hydrogens (tertiary/aromatic N) is 1. The van der Waals surface area contributed by atoms with Gasteiger partial charge in [0.05, 0.1) is 24.4 Å². The van der Waals surface area contributed by atoms with Gasteiger partial charge in [0.1, 0.15) is 0 Å². The Morgan fingerprint density at radius 2 is 2.09 bits per heavy atom. The van der Waals surface area contributed by atoms with Gasteiger partial charge in [0.2, 0.25) is 0 Å². The Hall–Kier alpha value is 1.13. The monoisotopic (exact) mass is 213 g/mol. The maximum absolute atomic E-state index is 5.46. The molecule has 0 aromatic carbocycles. The fraction of sp³-hybridized carbons (Fsp3) is 1.00. The molecule has 2 unspecified atom stereocenters. The smallest absolute Gasteiger partial charge is 0.0693 e. The van der Waals surface area contributed by atoms with Crippen LogP contribution in [-0.2, 0) is 4.84 Å². The molecule has 0 bridgehead atoms. The van der Waals surface area contributed by atoms with Gasteiger partial charge >= 0.3 is 0 Å². The highest BCUT2D eigenvalue weighted by Crippen LogP contribution is 2.37. The van der Waals surface area contributed by atoms with Crippen molar-refractivity contribution in [1.29, 1.82) is 0 Å². The van der Waals surface area contributed by atoms with Gasteiger partial charge in [0.25, 0.3) is 0 Å². The third-order valence-electron chi connectivity index (χ3n) is 1.16. The summed E-state index contributed by atoms with van der Waals surface area (Å²) in [6.07, 6.45) is 2.34. The normalized spacial score (nSPS) is 27.0. The maximum atomic E-state index is 5.46. The van der Waals surface area contributed by atoms with E-state index in [0.29, 0.717) is 26.6 Å². The van der Waals surface area contributed by atoms with Crippen molar-refractivity contribution < 1.29 is 4.84 Å². The van der Waals surface area contributed by atoms with Crippen molar-refractivity contribution >= 4 is 26.6 Å². The first-order valence-corrected chi connectivity index (χ1v) is 6.52. The SMILES string of the molecule is CCCCON1PNPNP1. The molecule has 1 aliphatic heterocycles. The van der Waals surface area contributed by atoms with E-state index in [0.717, 1.165) is 13.0 Å². The molecule has 4 nitrogen and oxygen atoms in total. The lowest BCUT2D eigenvalue weighted by atomic mass is 10.4. The van der Waals surface area contributed by atoms with Gasteiger partial charge in [0.15, 0.2) is 0 Å². The van der Waals surface area contributed by atoms with Crippen LogP contribution in [0.25, 0.3) is 0 Å². The lowest BCUT2D eigenvalue weighted by molar-refractivity contribution is -0.00690. The summed E-state index contributed by atoms with van der Waals surface area (Å²) in [6.45, 7) is 3.02. The Balaban J connectivity index is 1.96. The number of hydrogen-bond donors (Lipinski definition) is 2.